The molecular weight excluding hydrogens is 435 g/mol. The molecule has 2 heterocycles. The van der Waals surface area contributed by atoms with E-state index in [0.29, 0.717) is 47.3 Å². The molecule has 3 atom stereocenters. The molecular formula is C25H38F3NO2S. The number of fused-ring (bicyclic) bond motifs is 1. The molecule has 1 spiro atoms. The maximum atomic E-state index is 13.8. The minimum Gasteiger partial charge on any atom is -0.300 e. The van der Waals surface area contributed by atoms with Gasteiger partial charge in [-0.15, -0.1) is 0 Å². The van der Waals surface area contributed by atoms with Crippen molar-refractivity contribution in [3.8, 4) is 0 Å². The second kappa shape index (κ2) is 8.44. The molecule has 3 nitrogen and oxygen atoms in total. The summed E-state index contributed by atoms with van der Waals surface area (Å²) in [6, 6.07) is 0.517. The fraction of sp³-hybridized carbons (Fsp3) is 0.840. The van der Waals surface area contributed by atoms with Crippen molar-refractivity contribution in [3.63, 3.8) is 0 Å². The summed E-state index contributed by atoms with van der Waals surface area (Å²) < 4.78 is 64.6. The van der Waals surface area contributed by atoms with Crippen molar-refractivity contribution in [2.45, 2.75) is 78.4 Å². The van der Waals surface area contributed by atoms with Gasteiger partial charge in [-0.1, -0.05) is 38.0 Å². The van der Waals surface area contributed by atoms with Gasteiger partial charge in [-0.3, -0.25) is 0 Å². The van der Waals surface area contributed by atoms with Crippen LogP contribution in [0.2, 0.25) is 0 Å². The zero-order valence-corrected chi connectivity index (χ0v) is 20.7. The third-order valence-electron chi connectivity index (χ3n) is 9.02. The van der Waals surface area contributed by atoms with Crippen molar-refractivity contribution < 1.29 is 21.6 Å². The standard InChI is InChI=1S/C25H38F3NO2S/c1-5-16(3)19(13-22(17(4)6-2)25(26,27)28)23-20-11-18(12-21(20)23)29-9-7-24(8-10-29)14-32(30,31)15-24/h13,16,18,20-21,23H,5-12,14-15H2,1-4H3/b19-13+,22-17-. The molecule has 3 unspecified atom stereocenters. The van der Waals surface area contributed by atoms with E-state index in [1.165, 1.54) is 6.08 Å². The lowest BCUT2D eigenvalue weighted by Crippen LogP contribution is -2.55. The Morgan fingerprint density at radius 2 is 1.69 bits per heavy atom. The molecule has 32 heavy (non-hydrogen) atoms. The highest BCUT2D eigenvalue weighted by Crippen LogP contribution is 2.63. The third-order valence-corrected chi connectivity index (χ3v) is 11.1. The lowest BCUT2D eigenvalue weighted by atomic mass is 9.80. The molecule has 0 aromatic carbocycles. The number of hydrogen-bond donors (Lipinski definition) is 0. The lowest BCUT2D eigenvalue weighted by Gasteiger charge is -2.48. The molecule has 2 saturated carbocycles. The Hall–Kier alpha value is -0.820. The topological polar surface area (TPSA) is 37.4 Å². The minimum atomic E-state index is -4.30. The molecule has 2 saturated heterocycles. The first-order valence-electron chi connectivity index (χ1n) is 12.3. The SMILES string of the molecule is CC/C(C)=C(/C=C(\C(C)CC)C1C2CC(N3CCC4(CC3)CS(=O)(=O)C4)CC21)C(F)(F)F. The number of hydrogen-bond acceptors (Lipinski definition) is 3. The summed E-state index contributed by atoms with van der Waals surface area (Å²) in [6.07, 6.45) is 2.56. The normalized spacial score (nSPS) is 35.8. The van der Waals surface area contributed by atoms with Crippen LogP contribution in [0.5, 0.6) is 0 Å². The Labute approximate surface area is 191 Å². The Kier molecular flexibility index (Phi) is 6.41. The Morgan fingerprint density at radius 3 is 2.12 bits per heavy atom. The fourth-order valence-electron chi connectivity index (χ4n) is 6.75. The van der Waals surface area contributed by atoms with Crippen molar-refractivity contribution in [2.75, 3.05) is 24.6 Å². The fourth-order valence-corrected chi connectivity index (χ4v) is 9.11. The highest BCUT2D eigenvalue weighted by molar-refractivity contribution is 7.92. The van der Waals surface area contributed by atoms with Crippen LogP contribution in [0.3, 0.4) is 0 Å². The van der Waals surface area contributed by atoms with Crippen LogP contribution in [0.15, 0.2) is 22.8 Å². The van der Waals surface area contributed by atoms with E-state index in [0.717, 1.165) is 50.8 Å². The van der Waals surface area contributed by atoms with Crippen LogP contribution >= 0.6 is 0 Å². The van der Waals surface area contributed by atoms with E-state index < -0.39 is 21.6 Å². The zero-order chi connectivity index (χ0) is 23.5. The lowest BCUT2D eigenvalue weighted by molar-refractivity contribution is -0.0892. The minimum absolute atomic E-state index is 0.0311. The zero-order valence-electron chi connectivity index (χ0n) is 19.8. The number of nitrogens with zero attached hydrogens (tertiary/aromatic N) is 1. The van der Waals surface area contributed by atoms with Crippen LogP contribution in [0.1, 0.15) is 66.2 Å². The molecule has 0 aromatic heterocycles. The van der Waals surface area contributed by atoms with Crippen molar-refractivity contribution in [3.05, 3.63) is 22.8 Å². The number of halogens is 3. The highest BCUT2D eigenvalue weighted by atomic mass is 32.2. The second-order valence-corrected chi connectivity index (χ2v) is 13.1. The maximum absolute atomic E-state index is 13.8. The predicted octanol–water partition coefficient (Wildman–Crippen LogP) is 5.78. The van der Waals surface area contributed by atoms with Gasteiger partial charge in [0.1, 0.15) is 0 Å². The monoisotopic (exact) mass is 473 g/mol. The molecule has 0 aromatic rings. The average molecular weight is 474 g/mol. The number of likely N-dealkylation sites (tertiary alicyclic amines) is 1. The van der Waals surface area contributed by atoms with E-state index in [4.69, 9.17) is 0 Å². The van der Waals surface area contributed by atoms with Crippen LogP contribution in [-0.2, 0) is 9.84 Å². The quantitative estimate of drug-likeness (QED) is 0.459. The first-order valence-corrected chi connectivity index (χ1v) is 14.1. The summed E-state index contributed by atoms with van der Waals surface area (Å²) in [4.78, 5) is 2.54. The van der Waals surface area contributed by atoms with E-state index in [9.17, 15) is 21.6 Å². The number of rotatable bonds is 6. The van der Waals surface area contributed by atoms with E-state index >= 15 is 0 Å². The van der Waals surface area contributed by atoms with Gasteiger partial charge in [0.25, 0.3) is 0 Å². The molecule has 4 rings (SSSR count). The van der Waals surface area contributed by atoms with Crippen molar-refractivity contribution in [1.29, 1.82) is 0 Å². The van der Waals surface area contributed by atoms with Gasteiger partial charge in [0.2, 0.25) is 0 Å². The summed E-state index contributed by atoms with van der Waals surface area (Å²) in [7, 11) is -2.79. The van der Waals surface area contributed by atoms with Gasteiger partial charge < -0.3 is 4.90 Å². The van der Waals surface area contributed by atoms with Gasteiger partial charge in [-0.2, -0.15) is 13.2 Å². The molecule has 0 amide bonds. The summed E-state index contributed by atoms with van der Waals surface area (Å²) in [6.45, 7) is 9.46. The van der Waals surface area contributed by atoms with Gasteiger partial charge in [-0.25, -0.2) is 8.42 Å². The summed E-state index contributed by atoms with van der Waals surface area (Å²) in [5.41, 5.74) is 1.03. The molecule has 2 aliphatic carbocycles. The molecule has 4 fully saturated rings. The van der Waals surface area contributed by atoms with Crippen molar-refractivity contribution in [2.24, 2.45) is 29.1 Å². The van der Waals surface area contributed by atoms with Crippen LogP contribution < -0.4 is 0 Å². The Morgan fingerprint density at radius 1 is 1.12 bits per heavy atom. The largest absolute Gasteiger partial charge is 0.416 e. The smallest absolute Gasteiger partial charge is 0.300 e. The van der Waals surface area contributed by atoms with Gasteiger partial charge in [0, 0.05) is 11.5 Å². The number of sulfone groups is 1. The maximum Gasteiger partial charge on any atom is 0.416 e. The summed E-state index contributed by atoms with van der Waals surface area (Å²) >= 11 is 0. The Balaban J connectivity index is 1.41. The second-order valence-electron chi connectivity index (χ2n) is 11.0. The summed E-state index contributed by atoms with van der Waals surface area (Å²) in [5, 5.41) is 0. The van der Waals surface area contributed by atoms with Gasteiger partial charge >= 0.3 is 6.18 Å². The third kappa shape index (κ3) is 4.57. The van der Waals surface area contributed by atoms with Crippen molar-refractivity contribution in [1.82, 2.24) is 4.90 Å². The molecule has 4 aliphatic rings. The van der Waals surface area contributed by atoms with Gasteiger partial charge in [0.05, 0.1) is 17.1 Å². The van der Waals surface area contributed by atoms with Crippen LogP contribution in [-0.4, -0.2) is 50.1 Å². The molecule has 182 valence electrons. The number of alkyl halides is 3. The molecule has 0 bridgehead atoms. The number of piperidine rings is 1. The van der Waals surface area contributed by atoms with E-state index in [1.807, 2.05) is 0 Å². The Bertz CT molecular complexity index is 871. The molecule has 2 aliphatic heterocycles. The van der Waals surface area contributed by atoms with E-state index in [-0.39, 0.29) is 11.3 Å². The first-order chi connectivity index (χ1) is 14.9. The van der Waals surface area contributed by atoms with E-state index in [2.05, 4.69) is 18.7 Å². The first kappa shape index (κ1) is 24.3. The predicted molar refractivity (Wildman–Crippen MR) is 122 cm³/mol. The van der Waals surface area contributed by atoms with Crippen molar-refractivity contribution >= 4 is 9.84 Å². The van der Waals surface area contributed by atoms with Crippen LogP contribution in [0, 0.1) is 29.1 Å². The van der Waals surface area contributed by atoms with Crippen LogP contribution in [0.25, 0.3) is 0 Å². The average Bonchev–Trinajstić information content (AvgIpc) is 3.17. The highest BCUT2D eigenvalue weighted by Gasteiger charge is 2.59. The summed E-state index contributed by atoms with van der Waals surface area (Å²) in [5.74, 6) is 2.22. The van der Waals surface area contributed by atoms with Gasteiger partial charge in [0.15, 0.2) is 9.84 Å². The molecule has 7 heteroatoms. The van der Waals surface area contributed by atoms with Gasteiger partial charge in [-0.05, 0) is 82.2 Å². The molecule has 0 N–H and O–H groups in total. The molecule has 0 radical (unpaired) electrons. The van der Waals surface area contributed by atoms with E-state index in [1.54, 1.807) is 13.8 Å². The number of allylic oxidation sites excluding steroid dienone is 4. The van der Waals surface area contributed by atoms with Crippen LogP contribution in [0.4, 0.5) is 13.2 Å².